The van der Waals surface area contributed by atoms with Crippen LogP contribution >= 0.6 is 0 Å². The first-order chi connectivity index (χ1) is 10.9. The Labute approximate surface area is 144 Å². The molecule has 0 bridgehead atoms. The third-order valence-electron chi connectivity index (χ3n) is 6.06. The van der Waals surface area contributed by atoms with Gasteiger partial charge >= 0.3 is 0 Å². The molecule has 3 nitrogen and oxygen atoms in total. The quantitative estimate of drug-likeness (QED) is 0.665. The molecule has 2 heterocycles. The summed E-state index contributed by atoms with van der Waals surface area (Å²) < 4.78 is 0. The first kappa shape index (κ1) is 19.0. The number of hydrogen-bond acceptors (Lipinski definition) is 3. The lowest BCUT2D eigenvalue weighted by molar-refractivity contribution is 0.0790. The van der Waals surface area contributed by atoms with Crippen LogP contribution in [0.15, 0.2) is 11.6 Å². The highest BCUT2D eigenvalue weighted by Gasteiger charge is 2.24. The molecule has 0 aliphatic carbocycles. The van der Waals surface area contributed by atoms with Crippen molar-refractivity contribution in [1.82, 2.24) is 14.7 Å². The maximum Gasteiger partial charge on any atom is 0.0202 e. The molecule has 0 aromatic heterocycles. The van der Waals surface area contributed by atoms with Crippen molar-refractivity contribution in [2.75, 3.05) is 39.3 Å². The van der Waals surface area contributed by atoms with Crippen LogP contribution in [0.4, 0.5) is 0 Å². The minimum atomic E-state index is 0.673. The van der Waals surface area contributed by atoms with Gasteiger partial charge < -0.3 is 0 Å². The molecular weight excluding hydrogens is 282 g/mol. The summed E-state index contributed by atoms with van der Waals surface area (Å²) in [6.45, 7) is 21.4. The van der Waals surface area contributed by atoms with Gasteiger partial charge in [0.15, 0.2) is 0 Å². The summed E-state index contributed by atoms with van der Waals surface area (Å²) in [5.74, 6) is 0.748. The van der Waals surface area contributed by atoms with Crippen LogP contribution in [-0.4, -0.2) is 72.1 Å². The van der Waals surface area contributed by atoms with Crippen molar-refractivity contribution < 1.29 is 0 Å². The maximum atomic E-state index is 2.70. The van der Waals surface area contributed by atoms with Gasteiger partial charge in [-0.15, -0.1) is 0 Å². The molecule has 0 saturated carbocycles. The molecule has 134 valence electrons. The first-order valence-corrected chi connectivity index (χ1v) is 9.79. The fourth-order valence-electron chi connectivity index (χ4n) is 3.90. The van der Waals surface area contributed by atoms with Crippen molar-refractivity contribution in [1.29, 1.82) is 0 Å². The molecular formula is C20H39N3. The fraction of sp³-hybridized carbons (Fsp3) is 0.900. The van der Waals surface area contributed by atoms with Crippen molar-refractivity contribution >= 4 is 0 Å². The molecule has 2 rings (SSSR count). The summed E-state index contributed by atoms with van der Waals surface area (Å²) in [6.07, 6.45) is 5.15. The third kappa shape index (κ3) is 5.30. The van der Waals surface area contributed by atoms with Crippen molar-refractivity contribution in [3.63, 3.8) is 0 Å². The van der Waals surface area contributed by atoms with E-state index in [4.69, 9.17) is 0 Å². The molecule has 0 aromatic rings. The summed E-state index contributed by atoms with van der Waals surface area (Å²) in [6, 6.07) is 2.10. The van der Waals surface area contributed by atoms with Gasteiger partial charge in [0.1, 0.15) is 0 Å². The molecule has 0 aromatic carbocycles. The lowest BCUT2D eigenvalue weighted by Crippen LogP contribution is -2.51. The number of piperazine rings is 1. The molecule has 3 heteroatoms. The van der Waals surface area contributed by atoms with Crippen LogP contribution in [0.25, 0.3) is 0 Å². The van der Waals surface area contributed by atoms with Gasteiger partial charge in [-0.25, -0.2) is 0 Å². The van der Waals surface area contributed by atoms with Crippen LogP contribution in [0.5, 0.6) is 0 Å². The molecule has 1 saturated heterocycles. The first-order valence-electron chi connectivity index (χ1n) is 9.79. The summed E-state index contributed by atoms with van der Waals surface area (Å²) in [4.78, 5) is 7.88. The Morgan fingerprint density at radius 2 is 1.35 bits per heavy atom. The lowest BCUT2D eigenvalue weighted by atomic mass is 9.94. The topological polar surface area (TPSA) is 9.72 Å². The van der Waals surface area contributed by atoms with E-state index in [2.05, 4.69) is 62.3 Å². The molecule has 2 aliphatic rings. The summed E-state index contributed by atoms with van der Waals surface area (Å²) >= 11 is 0. The standard InChI is InChI=1S/C20H39N3/c1-16(2)21-11-13-22(14-12-21)19(6)8-7-18(5)20-9-10-23(15-20)17(3)4/h9,16-19H,7-8,10-15H2,1-6H3. The second-order valence-corrected chi connectivity index (χ2v) is 8.30. The maximum absolute atomic E-state index is 2.70. The highest BCUT2D eigenvalue weighted by atomic mass is 15.3. The predicted octanol–water partition coefficient (Wildman–Crippen LogP) is 3.47. The van der Waals surface area contributed by atoms with Gasteiger partial charge in [0, 0.05) is 57.4 Å². The van der Waals surface area contributed by atoms with E-state index in [1.54, 1.807) is 5.57 Å². The highest BCUT2D eigenvalue weighted by molar-refractivity contribution is 5.15. The van der Waals surface area contributed by atoms with Crippen molar-refractivity contribution in [3.05, 3.63) is 11.6 Å². The Hall–Kier alpha value is -0.380. The molecule has 2 aliphatic heterocycles. The molecule has 0 radical (unpaired) electrons. The van der Waals surface area contributed by atoms with Gasteiger partial charge in [0.05, 0.1) is 0 Å². The summed E-state index contributed by atoms with van der Waals surface area (Å²) in [5.41, 5.74) is 1.68. The third-order valence-corrected chi connectivity index (χ3v) is 6.06. The van der Waals surface area contributed by atoms with Crippen molar-refractivity contribution in [2.45, 2.75) is 72.5 Å². The largest absolute Gasteiger partial charge is 0.298 e. The molecule has 2 unspecified atom stereocenters. The minimum Gasteiger partial charge on any atom is -0.298 e. The SMILES string of the molecule is CC(CCC(C)N1CCN(C(C)C)CC1)C1=CCN(C(C)C)C1. The summed E-state index contributed by atoms with van der Waals surface area (Å²) in [7, 11) is 0. The van der Waals surface area contributed by atoms with Crippen LogP contribution in [0.2, 0.25) is 0 Å². The van der Waals surface area contributed by atoms with Crippen LogP contribution in [0.1, 0.15) is 54.4 Å². The normalized spacial score (nSPS) is 24.4. The van der Waals surface area contributed by atoms with E-state index in [0.717, 1.165) is 18.5 Å². The van der Waals surface area contributed by atoms with Crippen LogP contribution in [0, 0.1) is 5.92 Å². The van der Waals surface area contributed by atoms with E-state index in [1.165, 1.54) is 45.6 Å². The molecule has 23 heavy (non-hydrogen) atoms. The van der Waals surface area contributed by atoms with Crippen LogP contribution in [-0.2, 0) is 0 Å². The van der Waals surface area contributed by atoms with E-state index in [-0.39, 0.29) is 0 Å². The number of hydrogen-bond donors (Lipinski definition) is 0. The molecule has 0 N–H and O–H groups in total. The minimum absolute atomic E-state index is 0.673. The fourth-order valence-corrected chi connectivity index (χ4v) is 3.90. The van der Waals surface area contributed by atoms with Gasteiger partial charge in [-0.2, -0.15) is 0 Å². The van der Waals surface area contributed by atoms with Gasteiger partial charge in [-0.3, -0.25) is 14.7 Å². The molecule has 2 atom stereocenters. The molecule has 1 fully saturated rings. The second kappa shape index (κ2) is 8.64. The summed E-state index contributed by atoms with van der Waals surface area (Å²) in [5, 5.41) is 0. The molecule has 0 spiro atoms. The zero-order valence-corrected chi connectivity index (χ0v) is 16.4. The average Bonchev–Trinajstić information content (AvgIpc) is 3.02. The molecule has 0 amide bonds. The van der Waals surface area contributed by atoms with E-state index in [0.29, 0.717) is 12.1 Å². The van der Waals surface area contributed by atoms with Gasteiger partial charge in [-0.05, 0) is 53.4 Å². The van der Waals surface area contributed by atoms with Crippen molar-refractivity contribution in [2.24, 2.45) is 5.92 Å². The monoisotopic (exact) mass is 321 g/mol. The zero-order valence-electron chi connectivity index (χ0n) is 16.4. The van der Waals surface area contributed by atoms with Gasteiger partial charge in [0.2, 0.25) is 0 Å². The Kier molecular flexibility index (Phi) is 7.12. The lowest BCUT2D eigenvalue weighted by Gasteiger charge is -2.40. The van der Waals surface area contributed by atoms with Gasteiger partial charge in [-0.1, -0.05) is 18.6 Å². The second-order valence-electron chi connectivity index (χ2n) is 8.30. The van der Waals surface area contributed by atoms with E-state index < -0.39 is 0 Å². The Balaban J connectivity index is 1.69. The Bertz CT molecular complexity index is 380. The van der Waals surface area contributed by atoms with Crippen molar-refractivity contribution in [3.8, 4) is 0 Å². The zero-order chi connectivity index (χ0) is 17.0. The van der Waals surface area contributed by atoms with E-state index >= 15 is 0 Å². The Morgan fingerprint density at radius 1 is 0.783 bits per heavy atom. The van der Waals surface area contributed by atoms with Crippen LogP contribution < -0.4 is 0 Å². The number of rotatable bonds is 7. The van der Waals surface area contributed by atoms with Crippen LogP contribution in [0.3, 0.4) is 0 Å². The predicted molar refractivity (Wildman–Crippen MR) is 101 cm³/mol. The average molecular weight is 322 g/mol. The van der Waals surface area contributed by atoms with E-state index in [1.807, 2.05) is 0 Å². The number of nitrogens with zero attached hydrogens (tertiary/aromatic N) is 3. The van der Waals surface area contributed by atoms with Gasteiger partial charge in [0.25, 0.3) is 0 Å². The smallest absolute Gasteiger partial charge is 0.0202 e. The highest BCUT2D eigenvalue weighted by Crippen LogP contribution is 2.25. The van der Waals surface area contributed by atoms with E-state index in [9.17, 15) is 0 Å². The Morgan fingerprint density at radius 3 is 1.87 bits per heavy atom.